The van der Waals surface area contributed by atoms with Gasteiger partial charge in [-0.25, -0.2) is 4.98 Å². The molecule has 24 heavy (non-hydrogen) atoms. The van der Waals surface area contributed by atoms with Crippen LogP contribution in [0, 0.1) is 0 Å². The van der Waals surface area contributed by atoms with E-state index in [1.165, 1.54) is 0 Å². The third kappa shape index (κ3) is 2.84. The molecule has 0 bridgehead atoms. The number of ether oxygens (including phenoxy) is 1. The Bertz CT molecular complexity index is 1020. The van der Waals surface area contributed by atoms with E-state index in [0.717, 1.165) is 15.8 Å². The molecular formula is C18H10Cl2N2OS. The summed E-state index contributed by atoms with van der Waals surface area (Å²) in [6.07, 6.45) is 0. The highest BCUT2D eigenvalue weighted by atomic mass is 35.5. The molecule has 3 nitrogen and oxygen atoms in total. The Labute approximate surface area is 152 Å². The van der Waals surface area contributed by atoms with Gasteiger partial charge in [0.15, 0.2) is 5.82 Å². The van der Waals surface area contributed by atoms with E-state index >= 15 is 0 Å². The SMILES string of the molecule is Clc1cccc(Oc2nc(-c3cccs3)nc3ccccc23)c1Cl. The molecule has 0 amide bonds. The zero-order chi connectivity index (χ0) is 16.5. The predicted octanol–water partition coefficient (Wildman–Crippen LogP) is 6.46. The maximum Gasteiger partial charge on any atom is 0.230 e. The Kier molecular flexibility index (Phi) is 4.10. The number of hydrogen-bond donors (Lipinski definition) is 0. The molecule has 0 saturated heterocycles. The summed E-state index contributed by atoms with van der Waals surface area (Å²) in [5, 5.41) is 3.60. The summed E-state index contributed by atoms with van der Waals surface area (Å²) in [6.45, 7) is 0. The molecule has 0 radical (unpaired) electrons. The van der Waals surface area contributed by atoms with Crippen LogP contribution in [0.3, 0.4) is 0 Å². The van der Waals surface area contributed by atoms with Gasteiger partial charge in [-0.1, -0.05) is 47.5 Å². The third-order valence-electron chi connectivity index (χ3n) is 3.43. The van der Waals surface area contributed by atoms with Crippen LogP contribution >= 0.6 is 34.5 Å². The lowest BCUT2D eigenvalue weighted by atomic mass is 10.2. The topological polar surface area (TPSA) is 35.0 Å². The summed E-state index contributed by atoms with van der Waals surface area (Å²) in [5.74, 6) is 1.54. The van der Waals surface area contributed by atoms with E-state index < -0.39 is 0 Å². The van der Waals surface area contributed by atoms with Gasteiger partial charge >= 0.3 is 0 Å². The van der Waals surface area contributed by atoms with Crippen molar-refractivity contribution in [3.05, 3.63) is 70.0 Å². The van der Waals surface area contributed by atoms with Crippen LogP contribution in [0.1, 0.15) is 0 Å². The fraction of sp³-hybridized carbons (Fsp3) is 0. The molecule has 0 spiro atoms. The van der Waals surface area contributed by atoms with E-state index in [4.69, 9.17) is 27.9 Å². The molecule has 4 aromatic rings. The fourth-order valence-electron chi connectivity index (χ4n) is 2.31. The number of hydrogen-bond acceptors (Lipinski definition) is 4. The highest BCUT2D eigenvalue weighted by molar-refractivity contribution is 7.13. The molecule has 0 N–H and O–H groups in total. The maximum absolute atomic E-state index is 6.24. The molecular weight excluding hydrogens is 363 g/mol. The fourth-order valence-corrected chi connectivity index (χ4v) is 3.30. The van der Waals surface area contributed by atoms with E-state index in [0.29, 0.717) is 27.5 Å². The van der Waals surface area contributed by atoms with Crippen LogP contribution in [0.5, 0.6) is 11.6 Å². The minimum atomic E-state index is 0.361. The number of aromatic nitrogens is 2. The monoisotopic (exact) mass is 372 g/mol. The zero-order valence-corrected chi connectivity index (χ0v) is 14.6. The highest BCUT2D eigenvalue weighted by Gasteiger charge is 2.14. The van der Waals surface area contributed by atoms with Gasteiger partial charge in [0, 0.05) is 0 Å². The Balaban J connectivity index is 1.88. The number of thiophene rings is 1. The minimum Gasteiger partial charge on any atom is -0.437 e. The summed E-state index contributed by atoms with van der Waals surface area (Å²) in [6, 6.07) is 16.9. The molecule has 0 saturated carbocycles. The highest BCUT2D eigenvalue weighted by Crippen LogP contribution is 2.37. The molecule has 0 fully saturated rings. The van der Waals surface area contributed by atoms with Gasteiger partial charge in [0.2, 0.25) is 5.88 Å². The molecule has 2 aromatic carbocycles. The van der Waals surface area contributed by atoms with Gasteiger partial charge in [0.25, 0.3) is 0 Å². The van der Waals surface area contributed by atoms with Crippen LogP contribution in [0.2, 0.25) is 10.0 Å². The largest absolute Gasteiger partial charge is 0.437 e. The minimum absolute atomic E-state index is 0.361. The molecule has 0 aliphatic heterocycles. The molecule has 4 rings (SSSR count). The Morgan fingerprint density at radius 2 is 1.75 bits per heavy atom. The predicted molar refractivity (Wildman–Crippen MR) is 99.4 cm³/mol. The molecule has 2 heterocycles. The van der Waals surface area contributed by atoms with E-state index in [1.54, 1.807) is 29.5 Å². The number of nitrogens with zero attached hydrogens (tertiary/aromatic N) is 2. The first-order valence-electron chi connectivity index (χ1n) is 7.15. The van der Waals surface area contributed by atoms with Gasteiger partial charge in [-0.05, 0) is 35.7 Å². The molecule has 2 aromatic heterocycles. The van der Waals surface area contributed by atoms with Crippen molar-refractivity contribution < 1.29 is 4.74 Å². The lowest BCUT2D eigenvalue weighted by Crippen LogP contribution is -1.95. The van der Waals surface area contributed by atoms with Gasteiger partial charge in [-0.15, -0.1) is 11.3 Å². The van der Waals surface area contributed by atoms with Crippen molar-refractivity contribution in [2.24, 2.45) is 0 Å². The van der Waals surface area contributed by atoms with Crippen molar-refractivity contribution in [1.29, 1.82) is 0 Å². The second-order valence-corrected chi connectivity index (χ2v) is 6.73. The van der Waals surface area contributed by atoms with Crippen molar-refractivity contribution in [3.8, 4) is 22.3 Å². The van der Waals surface area contributed by atoms with Crippen molar-refractivity contribution >= 4 is 45.4 Å². The summed E-state index contributed by atoms with van der Waals surface area (Å²) in [7, 11) is 0. The van der Waals surface area contributed by atoms with Crippen molar-refractivity contribution in [2.45, 2.75) is 0 Å². The number of fused-ring (bicyclic) bond motifs is 1. The summed E-state index contributed by atoms with van der Waals surface area (Å²) in [4.78, 5) is 10.2. The van der Waals surface area contributed by atoms with Crippen LogP contribution in [-0.2, 0) is 0 Å². The standard InChI is InChI=1S/C18H10Cl2N2OS/c19-12-6-3-8-14(16(12)20)23-18-11-5-1-2-7-13(11)21-17(22-18)15-9-4-10-24-15/h1-10H. The number of halogens is 2. The van der Waals surface area contributed by atoms with E-state index in [2.05, 4.69) is 9.97 Å². The second-order valence-electron chi connectivity index (χ2n) is 5.00. The average Bonchev–Trinajstić information content (AvgIpc) is 3.13. The van der Waals surface area contributed by atoms with Crippen molar-refractivity contribution in [1.82, 2.24) is 9.97 Å². The number of para-hydroxylation sites is 1. The number of rotatable bonds is 3. The molecule has 0 unspecified atom stereocenters. The van der Waals surface area contributed by atoms with Gasteiger partial charge in [-0.3, -0.25) is 0 Å². The maximum atomic E-state index is 6.24. The lowest BCUT2D eigenvalue weighted by Gasteiger charge is -2.11. The first-order chi connectivity index (χ1) is 11.7. The van der Waals surface area contributed by atoms with Crippen LogP contribution < -0.4 is 4.74 Å². The van der Waals surface area contributed by atoms with Gasteiger partial charge in [0.1, 0.15) is 10.8 Å². The quantitative estimate of drug-likeness (QED) is 0.414. The molecule has 118 valence electrons. The molecule has 0 aliphatic rings. The van der Waals surface area contributed by atoms with E-state index in [-0.39, 0.29) is 0 Å². The first-order valence-corrected chi connectivity index (χ1v) is 8.78. The Hall–Kier alpha value is -2.14. The Morgan fingerprint density at radius 1 is 0.875 bits per heavy atom. The van der Waals surface area contributed by atoms with Gasteiger partial charge < -0.3 is 4.74 Å². The van der Waals surface area contributed by atoms with E-state index in [1.807, 2.05) is 41.8 Å². The van der Waals surface area contributed by atoms with Crippen LogP contribution in [0.4, 0.5) is 0 Å². The van der Waals surface area contributed by atoms with Crippen LogP contribution in [-0.4, -0.2) is 9.97 Å². The van der Waals surface area contributed by atoms with Gasteiger partial charge in [-0.2, -0.15) is 4.98 Å². The van der Waals surface area contributed by atoms with E-state index in [9.17, 15) is 0 Å². The number of benzene rings is 2. The third-order valence-corrected chi connectivity index (χ3v) is 5.10. The average molecular weight is 373 g/mol. The Morgan fingerprint density at radius 3 is 2.58 bits per heavy atom. The van der Waals surface area contributed by atoms with Crippen LogP contribution in [0.15, 0.2) is 60.0 Å². The summed E-state index contributed by atoms with van der Waals surface area (Å²) >= 11 is 13.9. The second kappa shape index (κ2) is 6.40. The molecule has 0 atom stereocenters. The van der Waals surface area contributed by atoms with Crippen molar-refractivity contribution in [2.75, 3.05) is 0 Å². The molecule has 6 heteroatoms. The zero-order valence-electron chi connectivity index (χ0n) is 12.2. The van der Waals surface area contributed by atoms with Gasteiger partial charge in [0.05, 0.1) is 20.8 Å². The van der Waals surface area contributed by atoms with Crippen LogP contribution in [0.25, 0.3) is 21.6 Å². The lowest BCUT2D eigenvalue weighted by molar-refractivity contribution is 0.469. The van der Waals surface area contributed by atoms with Crippen molar-refractivity contribution in [3.63, 3.8) is 0 Å². The smallest absolute Gasteiger partial charge is 0.230 e. The summed E-state index contributed by atoms with van der Waals surface area (Å²) < 4.78 is 5.98. The molecule has 0 aliphatic carbocycles. The summed E-state index contributed by atoms with van der Waals surface area (Å²) in [5.41, 5.74) is 0.809. The normalized spacial score (nSPS) is 10.9. The first kappa shape index (κ1) is 15.4.